The number of ether oxygens (including phenoxy) is 1. The maximum Gasteiger partial charge on any atom is 0.347 e. The Labute approximate surface area is 59.8 Å². The van der Waals surface area contributed by atoms with Crippen LogP contribution in [0.4, 0.5) is 0 Å². The number of carbonyl (C=O) groups excluding carboxylic acids is 1. The van der Waals surface area contributed by atoms with Gasteiger partial charge >= 0.3 is 5.97 Å². The normalized spacial score (nSPS) is 9.80. The smallest absolute Gasteiger partial charge is 0.347 e. The second-order valence-electron chi connectivity index (χ2n) is 1.44. The molecule has 0 aliphatic carbocycles. The Morgan fingerprint density at radius 2 is 2.40 bits per heavy atom. The highest BCUT2D eigenvalue weighted by molar-refractivity contribution is 5.70. The van der Waals surface area contributed by atoms with Crippen LogP contribution in [0, 0.1) is 0 Å². The summed E-state index contributed by atoms with van der Waals surface area (Å²) in [4.78, 5) is 15.0. The van der Waals surface area contributed by atoms with Crippen LogP contribution in [-0.4, -0.2) is 25.4 Å². The summed E-state index contributed by atoms with van der Waals surface area (Å²) in [6, 6.07) is 0. The van der Waals surface area contributed by atoms with E-state index >= 15 is 0 Å². The lowest BCUT2D eigenvalue weighted by Crippen LogP contribution is -2.10. The van der Waals surface area contributed by atoms with Crippen LogP contribution in [0.25, 0.3) is 0 Å². The molecule has 0 saturated carbocycles. The zero-order chi connectivity index (χ0) is 7.82. The van der Waals surface area contributed by atoms with Crippen LogP contribution in [0.3, 0.4) is 0 Å². The van der Waals surface area contributed by atoms with E-state index in [1.54, 1.807) is 13.8 Å². The molecule has 4 nitrogen and oxygen atoms in total. The predicted octanol–water partition coefficient (Wildman–Crippen LogP) is 0.572. The number of nitrogens with zero attached hydrogens (tertiary/aromatic N) is 1. The minimum Gasteiger partial charge on any atom is -0.463 e. The summed E-state index contributed by atoms with van der Waals surface area (Å²) in [5.41, 5.74) is 0. The number of esters is 1. The Kier molecular flexibility index (Phi) is 5.42. The van der Waals surface area contributed by atoms with E-state index in [4.69, 9.17) is 0 Å². The Bertz CT molecular complexity index is 122. The molecule has 4 heteroatoms. The van der Waals surface area contributed by atoms with Crippen molar-refractivity contribution in [3.63, 3.8) is 0 Å². The van der Waals surface area contributed by atoms with Crippen LogP contribution in [-0.2, 0) is 14.4 Å². The van der Waals surface area contributed by atoms with E-state index in [1.165, 1.54) is 6.21 Å². The second-order valence-corrected chi connectivity index (χ2v) is 1.44. The van der Waals surface area contributed by atoms with E-state index in [2.05, 4.69) is 14.7 Å². The number of oxime groups is 1. The van der Waals surface area contributed by atoms with Crippen molar-refractivity contribution in [3.8, 4) is 0 Å². The number of carbonyl (C=O) groups is 1. The first-order valence-electron chi connectivity index (χ1n) is 3.06. The molecule has 0 fully saturated rings. The standard InChI is InChI=1S/C6H11NO3/c1-3-7-10-5-6(8)9-4-2/h3H,4-5H2,1-2H3. The predicted molar refractivity (Wildman–Crippen MR) is 36.8 cm³/mol. The van der Waals surface area contributed by atoms with Gasteiger partial charge < -0.3 is 9.57 Å². The van der Waals surface area contributed by atoms with Crippen LogP contribution in [0.5, 0.6) is 0 Å². The zero-order valence-corrected chi connectivity index (χ0v) is 6.16. The number of rotatable bonds is 4. The van der Waals surface area contributed by atoms with Gasteiger partial charge in [-0.1, -0.05) is 5.16 Å². The fourth-order valence-electron chi connectivity index (χ4n) is 0.367. The molecule has 0 rings (SSSR count). The zero-order valence-electron chi connectivity index (χ0n) is 6.16. The highest BCUT2D eigenvalue weighted by Crippen LogP contribution is 1.80. The molecule has 0 aliphatic rings. The lowest BCUT2D eigenvalue weighted by Gasteiger charge is -1.98. The molecule has 0 saturated heterocycles. The van der Waals surface area contributed by atoms with Gasteiger partial charge in [0.1, 0.15) is 0 Å². The van der Waals surface area contributed by atoms with Gasteiger partial charge in [-0.3, -0.25) is 0 Å². The van der Waals surface area contributed by atoms with Crippen molar-refractivity contribution in [2.45, 2.75) is 13.8 Å². The van der Waals surface area contributed by atoms with Gasteiger partial charge in [-0.25, -0.2) is 4.79 Å². The molecule has 0 atom stereocenters. The van der Waals surface area contributed by atoms with Crippen molar-refractivity contribution >= 4 is 12.2 Å². The lowest BCUT2D eigenvalue weighted by atomic mass is 10.7. The summed E-state index contributed by atoms with van der Waals surface area (Å²) in [5, 5.41) is 3.37. The van der Waals surface area contributed by atoms with E-state index in [9.17, 15) is 4.79 Å². The van der Waals surface area contributed by atoms with Gasteiger partial charge in [0.2, 0.25) is 6.61 Å². The molecule has 58 valence electrons. The average molecular weight is 145 g/mol. The van der Waals surface area contributed by atoms with Crippen molar-refractivity contribution in [1.29, 1.82) is 0 Å². The van der Waals surface area contributed by atoms with Gasteiger partial charge in [0.05, 0.1) is 6.61 Å². The molecule has 0 N–H and O–H groups in total. The summed E-state index contributed by atoms with van der Waals surface area (Å²) in [6.45, 7) is 3.70. The first-order valence-corrected chi connectivity index (χ1v) is 3.06. The first kappa shape index (κ1) is 8.94. The quantitative estimate of drug-likeness (QED) is 0.330. The molecule has 0 amide bonds. The molecule has 0 radical (unpaired) electrons. The molecule has 0 heterocycles. The van der Waals surface area contributed by atoms with Gasteiger partial charge in [-0.05, 0) is 13.8 Å². The SMILES string of the molecule is CC=NOCC(=O)OCC. The van der Waals surface area contributed by atoms with Gasteiger partial charge in [-0.15, -0.1) is 0 Å². The summed E-state index contributed by atoms with van der Waals surface area (Å²) < 4.78 is 4.55. The van der Waals surface area contributed by atoms with E-state index in [0.717, 1.165) is 0 Å². The molecule has 0 unspecified atom stereocenters. The topological polar surface area (TPSA) is 47.9 Å². The third kappa shape index (κ3) is 5.08. The van der Waals surface area contributed by atoms with Gasteiger partial charge in [-0.2, -0.15) is 0 Å². The summed E-state index contributed by atoms with van der Waals surface area (Å²) in [5.74, 6) is -0.395. The van der Waals surface area contributed by atoms with Crippen LogP contribution >= 0.6 is 0 Å². The van der Waals surface area contributed by atoms with Crippen LogP contribution in [0.15, 0.2) is 5.16 Å². The van der Waals surface area contributed by atoms with Crippen molar-refractivity contribution in [2.24, 2.45) is 5.16 Å². The fraction of sp³-hybridized carbons (Fsp3) is 0.667. The third-order valence-corrected chi connectivity index (χ3v) is 0.668. The van der Waals surface area contributed by atoms with Crippen LogP contribution in [0.1, 0.15) is 13.8 Å². The van der Waals surface area contributed by atoms with Crippen molar-refractivity contribution in [3.05, 3.63) is 0 Å². The molecule has 0 aliphatic heterocycles. The highest BCUT2D eigenvalue weighted by Gasteiger charge is 1.98. The van der Waals surface area contributed by atoms with E-state index in [-0.39, 0.29) is 6.61 Å². The van der Waals surface area contributed by atoms with Crippen LogP contribution in [0.2, 0.25) is 0 Å². The molecule has 0 spiro atoms. The van der Waals surface area contributed by atoms with Crippen LogP contribution < -0.4 is 0 Å². The van der Waals surface area contributed by atoms with E-state index in [0.29, 0.717) is 6.61 Å². The third-order valence-electron chi connectivity index (χ3n) is 0.668. The monoisotopic (exact) mass is 145 g/mol. The van der Waals surface area contributed by atoms with Gasteiger partial charge in [0, 0.05) is 6.21 Å². The molecule has 0 aromatic carbocycles. The Morgan fingerprint density at radius 3 is 2.90 bits per heavy atom. The molecular formula is C6H11NO3. The van der Waals surface area contributed by atoms with Crippen molar-refractivity contribution in [2.75, 3.05) is 13.2 Å². The minimum absolute atomic E-state index is 0.113. The molecule has 0 bridgehead atoms. The summed E-state index contributed by atoms with van der Waals surface area (Å²) >= 11 is 0. The molecule has 10 heavy (non-hydrogen) atoms. The Morgan fingerprint density at radius 1 is 1.70 bits per heavy atom. The maximum atomic E-state index is 10.5. The van der Waals surface area contributed by atoms with Crippen molar-refractivity contribution < 1.29 is 14.4 Å². The largest absolute Gasteiger partial charge is 0.463 e. The van der Waals surface area contributed by atoms with Gasteiger partial charge in [0.15, 0.2) is 0 Å². The minimum atomic E-state index is -0.395. The first-order chi connectivity index (χ1) is 4.81. The maximum absolute atomic E-state index is 10.5. The van der Waals surface area contributed by atoms with E-state index in [1.807, 2.05) is 0 Å². The average Bonchev–Trinajstić information content (AvgIpc) is 1.89. The van der Waals surface area contributed by atoms with Gasteiger partial charge in [0.25, 0.3) is 0 Å². The highest BCUT2D eigenvalue weighted by atomic mass is 16.6. The molecule has 0 aromatic rings. The van der Waals surface area contributed by atoms with E-state index < -0.39 is 5.97 Å². The number of hydrogen-bond acceptors (Lipinski definition) is 4. The Balaban J connectivity index is 3.21. The van der Waals surface area contributed by atoms with Crippen molar-refractivity contribution in [1.82, 2.24) is 0 Å². The summed E-state index contributed by atoms with van der Waals surface area (Å²) in [7, 11) is 0. The second kappa shape index (κ2) is 6.07. The Hall–Kier alpha value is -1.06. The number of hydrogen-bond donors (Lipinski definition) is 0. The summed E-state index contributed by atoms with van der Waals surface area (Å²) in [6.07, 6.45) is 1.46. The fourth-order valence-corrected chi connectivity index (χ4v) is 0.367. The lowest BCUT2D eigenvalue weighted by molar-refractivity contribution is -0.148. The molecular weight excluding hydrogens is 134 g/mol. The molecule has 0 aromatic heterocycles.